The lowest BCUT2D eigenvalue weighted by Crippen LogP contribution is -2.37. The Hall–Kier alpha value is -1.35. The minimum absolute atomic E-state index is 0.0125. The molecule has 0 saturated carbocycles. The summed E-state index contributed by atoms with van der Waals surface area (Å²) in [5.41, 5.74) is 5.21. The van der Waals surface area contributed by atoms with E-state index in [-0.39, 0.29) is 11.3 Å². The van der Waals surface area contributed by atoms with Crippen molar-refractivity contribution in [2.75, 3.05) is 14.1 Å². The largest absolute Gasteiger partial charge is 0.289 e. The molecule has 0 spiro atoms. The highest BCUT2D eigenvalue weighted by atomic mass is 16.2. The summed E-state index contributed by atoms with van der Waals surface area (Å²) in [6.07, 6.45) is 0.419. The van der Waals surface area contributed by atoms with Crippen molar-refractivity contribution in [1.29, 1.82) is 0 Å². The van der Waals surface area contributed by atoms with Gasteiger partial charge in [0.25, 0.3) is 0 Å². The van der Waals surface area contributed by atoms with Gasteiger partial charge in [-0.3, -0.25) is 10.2 Å². The van der Waals surface area contributed by atoms with E-state index in [1.54, 1.807) is 19.1 Å². The molecule has 0 radical (unpaired) electrons. The highest BCUT2D eigenvalue weighted by Crippen LogP contribution is 2.22. The van der Waals surface area contributed by atoms with Crippen molar-refractivity contribution >= 4 is 5.91 Å². The lowest BCUT2D eigenvalue weighted by atomic mass is 9.86. The lowest BCUT2D eigenvalue weighted by Gasteiger charge is -2.19. The normalized spacial score (nSPS) is 11.6. The molecule has 1 rings (SSSR count). The average Bonchev–Trinajstić information content (AvgIpc) is 2.15. The molecule has 0 bridgehead atoms. The predicted molar refractivity (Wildman–Crippen MR) is 70.7 cm³/mol. The molecule has 0 saturated heterocycles. The van der Waals surface area contributed by atoms with E-state index in [4.69, 9.17) is 0 Å². The van der Waals surface area contributed by atoms with Gasteiger partial charge in [0.05, 0.1) is 6.42 Å². The van der Waals surface area contributed by atoms with Gasteiger partial charge in [0, 0.05) is 14.1 Å². The SMILES string of the molecule is CN(C)NC(=O)Cc1ccc(C(C)(C)C)cc1. The Morgan fingerprint density at radius 2 is 1.71 bits per heavy atom. The van der Waals surface area contributed by atoms with Crippen molar-refractivity contribution in [3.8, 4) is 0 Å². The third kappa shape index (κ3) is 4.57. The van der Waals surface area contributed by atoms with Crippen LogP contribution in [0.25, 0.3) is 0 Å². The predicted octanol–water partition coefficient (Wildman–Crippen LogP) is 2.12. The van der Waals surface area contributed by atoms with Crippen LogP contribution in [0.2, 0.25) is 0 Å². The first-order valence-electron chi connectivity index (χ1n) is 5.85. The van der Waals surface area contributed by atoms with E-state index in [0.717, 1.165) is 5.56 Å². The maximum Gasteiger partial charge on any atom is 0.238 e. The van der Waals surface area contributed by atoms with Gasteiger partial charge < -0.3 is 0 Å². The van der Waals surface area contributed by atoms with E-state index >= 15 is 0 Å². The first kappa shape index (κ1) is 13.7. The second-order valence-corrected chi connectivity index (χ2v) is 5.55. The van der Waals surface area contributed by atoms with Crippen LogP contribution in [0.1, 0.15) is 31.9 Å². The molecule has 3 heteroatoms. The summed E-state index contributed by atoms with van der Waals surface area (Å²) in [5, 5.41) is 1.66. The zero-order chi connectivity index (χ0) is 13.1. The number of amides is 1. The minimum Gasteiger partial charge on any atom is -0.289 e. The first-order valence-corrected chi connectivity index (χ1v) is 5.85. The summed E-state index contributed by atoms with van der Waals surface area (Å²) < 4.78 is 0. The fourth-order valence-electron chi connectivity index (χ4n) is 1.60. The standard InChI is InChI=1S/C14H22N2O/c1-14(2,3)12-8-6-11(7-9-12)10-13(17)15-16(4)5/h6-9H,10H2,1-5H3,(H,15,17). The van der Waals surface area contributed by atoms with E-state index in [1.165, 1.54) is 5.56 Å². The van der Waals surface area contributed by atoms with Crippen LogP contribution in [0.4, 0.5) is 0 Å². The van der Waals surface area contributed by atoms with Crippen molar-refractivity contribution < 1.29 is 4.79 Å². The Bertz CT molecular complexity index is 374. The Kier molecular flexibility index (Phi) is 4.29. The molecular weight excluding hydrogens is 212 g/mol. The molecule has 0 aliphatic carbocycles. The summed E-state index contributed by atoms with van der Waals surface area (Å²) in [6.45, 7) is 6.54. The molecule has 1 amide bonds. The van der Waals surface area contributed by atoms with Gasteiger partial charge in [-0.25, -0.2) is 5.01 Å². The van der Waals surface area contributed by atoms with Gasteiger partial charge in [0.15, 0.2) is 0 Å². The fraction of sp³-hybridized carbons (Fsp3) is 0.500. The molecule has 1 N–H and O–H groups in total. The number of carbonyl (C=O) groups excluding carboxylic acids is 1. The second-order valence-electron chi connectivity index (χ2n) is 5.55. The van der Waals surface area contributed by atoms with Crippen LogP contribution < -0.4 is 5.43 Å². The van der Waals surface area contributed by atoms with E-state index in [0.29, 0.717) is 6.42 Å². The van der Waals surface area contributed by atoms with E-state index in [1.807, 2.05) is 12.1 Å². The van der Waals surface area contributed by atoms with Gasteiger partial charge in [0.1, 0.15) is 0 Å². The number of hydrogen-bond donors (Lipinski definition) is 1. The Labute approximate surface area is 104 Å². The Morgan fingerprint density at radius 1 is 1.18 bits per heavy atom. The molecule has 94 valence electrons. The quantitative estimate of drug-likeness (QED) is 0.812. The summed E-state index contributed by atoms with van der Waals surface area (Å²) in [7, 11) is 3.61. The van der Waals surface area contributed by atoms with Crippen molar-refractivity contribution in [3.63, 3.8) is 0 Å². The number of carbonyl (C=O) groups is 1. The van der Waals surface area contributed by atoms with E-state index in [9.17, 15) is 4.79 Å². The smallest absolute Gasteiger partial charge is 0.238 e. The molecule has 0 unspecified atom stereocenters. The number of hydrazine groups is 1. The van der Waals surface area contributed by atoms with Gasteiger partial charge in [-0.2, -0.15) is 0 Å². The molecule has 1 aromatic carbocycles. The van der Waals surface area contributed by atoms with Gasteiger partial charge >= 0.3 is 0 Å². The maximum absolute atomic E-state index is 11.6. The maximum atomic E-state index is 11.6. The van der Waals surface area contributed by atoms with Crippen LogP contribution >= 0.6 is 0 Å². The van der Waals surface area contributed by atoms with Gasteiger partial charge in [-0.15, -0.1) is 0 Å². The van der Waals surface area contributed by atoms with Crippen LogP contribution in [0.3, 0.4) is 0 Å². The Balaban J connectivity index is 2.66. The highest BCUT2D eigenvalue weighted by molar-refractivity contribution is 5.78. The van der Waals surface area contributed by atoms with Gasteiger partial charge in [-0.1, -0.05) is 45.0 Å². The summed E-state index contributed by atoms with van der Waals surface area (Å²) in [4.78, 5) is 11.6. The van der Waals surface area contributed by atoms with Crippen molar-refractivity contribution in [1.82, 2.24) is 10.4 Å². The van der Waals surface area contributed by atoms with Crippen molar-refractivity contribution in [3.05, 3.63) is 35.4 Å². The number of benzene rings is 1. The monoisotopic (exact) mass is 234 g/mol. The number of rotatable bonds is 3. The second kappa shape index (κ2) is 5.32. The van der Waals surface area contributed by atoms with Crippen molar-refractivity contribution in [2.24, 2.45) is 0 Å². The molecule has 0 aliphatic heterocycles. The zero-order valence-electron chi connectivity index (χ0n) is 11.4. The molecule has 0 fully saturated rings. The molecule has 17 heavy (non-hydrogen) atoms. The van der Waals surface area contributed by atoms with E-state index < -0.39 is 0 Å². The van der Waals surface area contributed by atoms with Crippen LogP contribution in [0.15, 0.2) is 24.3 Å². The van der Waals surface area contributed by atoms with Gasteiger partial charge in [0.2, 0.25) is 5.91 Å². The van der Waals surface area contributed by atoms with Crippen molar-refractivity contribution in [2.45, 2.75) is 32.6 Å². The number of nitrogens with zero attached hydrogens (tertiary/aromatic N) is 1. The molecule has 0 heterocycles. The number of nitrogens with one attached hydrogen (secondary N) is 1. The van der Waals surface area contributed by atoms with Crippen LogP contribution in [0.5, 0.6) is 0 Å². The lowest BCUT2D eigenvalue weighted by molar-refractivity contribution is -0.124. The van der Waals surface area contributed by atoms with Crippen LogP contribution in [0, 0.1) is 0 Å². The first-order chi connectivity index (χ1) is 7.79. The minimum atomic E-state index is 0.0125. The van der Waals surface area contributed by atoms with Crippen LogP contribution in [-0.2, 0) is 16.6 Å². The summed E-state index contributed by atoms with van der Waals surface area (Å²) in [5.74, 6) is 0.0125. The Morgan fingerprint density at radius 3 is 2.12 bits per heavy atom. The fourth-order valence-corrected chi connectivity index (χ4v) is 1.60. The highest BCUT2D eigenvalue weighted by Gasteiger charge is 2.13. The van der Waals surface area contributed by atoms with Crippen LogP contribution in [-0.4, -0.2) is 25.0 Å². The third-order valence-corrected chi connectivity index (χ3v) is 2.53. The topological polar surface area (TPSA) is 32.3 Å². The molecule has 3 nitrogen and oxygen atoms in total. The molecule has 0 atom stereocenters. The number of hydrogen-bond acceptors (Lipinski definition) is 2. The van der Waals surface area contributed by atoms with E-state index in [2.05, 4.69) is 38.3 Å². The summed E-state index contributed by atoms with van der Waals surface area (Å²) >= 11 is 0. The summed E-state index contributed by atoms with van der Waals surface area (Å²) in [6, 6.07) is 8.24. The van der Waals surface area contributed by atoms with Gasteiger partial charge in [-0.05, 0) is 16.5 Å². The molecule has 0 aromatic heterocycles. The molecular formula is C14H22N2O. The third-order valence-electron chi connectivity index (χ3n) is 2.53. The molecule has 1 aromatic rings. The average molecular weight is 234 g/mol. The zero-order valence-corrected chi connectivity index (χ0v) is 11.4. The molecule has 0 aliphatic rings.